The molecule has 0 aromatic carbocycles. The SMILES string of the molecule is C=C(C)C(=O)[SiH](O)[SiH3]. The summed E-state index contributed by atoms with van der Waals surface area (Å²) in [5.74, 6) is 0. The summed E-state index contributed by atoms with van der Waals surface area (Å²) >= 11 is 0. The second-order valence-electron chi connectivity index (χ2n) is 1.82. The number of hydrogen-bond donors (Lipinski definition) is 1. The quantitative estimate of drug-likeness (QED) is 0.370. The van der Waals surface area contributed by atoms with Crippen molar-refractivity contribution < 1.29 is 9.59 Å². The van der Waals surface area contributed by atoms with E-state index in [1.165, 1.54) is 0 Å². The van der Waals surface area contributed by atoms with E-state index in [4.69, 9.17) is 4.80 Å². The molecule has 46 valence electrons. The van der Waals surface area contributed by atoms with E-state index in [-0.39, 0.29) is 5.41 Å². The lowest BCUT2D eigenvalue weighted by molar-refractivity contribution is -0.109. The van der Waals surface area contributed by atoms with Gasteiger partial charge >= 0.3 is 0 Å². The molecule has 1 atom stereocenters. The molecule has 1 N–H and O–H groups in total. The van der Waals surface area contributed by atoms with Gasteiger partial charge in [-0.3, -0.25) is 4.79 Å². The largest absolute Gasteiger partial charge is 0.430 e. The summed E-state index contributed by atoms with van der Waals surface area (Å²) < 4.78 is 0. The van der Waals surface area contributed by atoms with Gasteiger partial charge in [0.15, 0.2) is 5.41 Å². The van der Waals surface area contributed by atoms with E-state index in [1.54, 1.807) is 6.92 Å². The molecule has 0 aliphatic carbocycles. The van der Waals surface area contributed by atoms with Gasteiger partial charge in [-0.05, 0) is 12.5 Å². The minimum absolute atomic E-state index is 0.0864. The highest BCUT2D eigenvalue weighted by atomic mass is 29.2. The lowest BCUT2D eigenvalue weighted by Crippen LogP contribution is -2.26. The normalized spacial score (nSPS) is 13.2. The fraction of sp³-hybridized carbons (Fsp3) is 0.250. The zero-order valence-electron chi connectivity index (χ0n) is 5.14. The Hall–Kier alpha value is -0.196. The van der Waals surface area contributed by atoms with E-state index in [1.807, 2.05) is 0 Å². The molecule has 0 heterocycles. The monoisotopic (exact) mass is 146 g/mol. The van der Waals surface area contributed by atoms with Gasteiger partial charge in [0.1, 0.15) is 0 Å². The summed E-state index contributed by atoms with van der Waals surface area (Å²) in [7, 11) is -1.29. The van der Waals surface area contributed by atoms with Crippen LogP contribution < -0.4 is 0 Å². The predicted octanol–water partition coefficient (Wildman–Crippen LogP) is -1.75. The molecule has 8 heavy (non-hydrogen) atoms. The fourth-order valence-electron chi connectivity index (χ4n) is 0.357. The molecule has 0 spiro atoms. The van der Waals surface area contributed by atoms with Gasteiger partial charge in [-0.1, -0.05) is 6.58 Å². The van der Waals surface area contributed by atoms with Crippen molar-refractivity contribution in [2.24, 2.45) is 0 Å². The molecule has 1 unspecified atom stereocenters. The van der Waals surface area contributed by atoms with Crippen molar-refractivity contribution in [2.45, 2.75) is 6.92 Å². The van der Waals surface area contributed by atoms with Crippen molar-refractivity contribution in [1.29, 1.82) is 0 Å². The average molecular weight is 146 g/mol. The number of carbonyl (C=O) groups is 1. The molecule has 0 aromatic rings. The molecular formula is C4H10O2Si2. The van der Waals surface area contributed by atoms with Crippen LogP contribution in [0.15, 0.2) is 12.2 Å². The van der Waals surface area contributed by atoms with Crippen LogP contribution in [-0.4, -0.2) is 28.5 Å². The molecule has 0 aliphatic rings. The highest BCUT2D eigenvalue weighted by Gasteiger charge is 2.10. The topological polar surface area (TPSA) is 37.3 Å². The Morgan fingerprint density at radius 2 is 2.25 bits per heavy atom. The van der Waals surface area contributed by atoms with Crippen LogP contribution in [0.5, 0.6) is 0 Å². The molecule has 0 fully saturated rings. The van der Waals surface area contributed by atoms with E-state index in [0.717, 1.165) is 0 Å². The molecule has 0 saturated carbocycles. The Labute approximate surface area is 53.2 Å². The van der Waals surface area contributed by atoms with Crippen LogP contribution in [0.4, 0.5) is 0 Å². The third kappa shape index (κ3) is 2.20. The third-order valence-electron chi connectivity index (χ3n) is 0.800. The Balaban J connectivity index is 3.84. The Bertz CT molecular complexity index is 119. The summed E-state index contributed by atoms with van der Waals surface area (Å²) in [6.45, 7) is 5.06. The van der Waals surface area contributed by atoms with Crippen molar-refractivity contribution in [3.8, 4) is 0 Å². The summed E-state index contributed by atoms with van der Waals surface area (Å²) in [6.07, 6.45) is 0. The molecular weight excluding hydrogens is 136 g/mol. The van der Waals surface area contributed by atoms with Gasteiger partial charge in [-0.15, -0.1) is 0 Å². The Kier molecular flexibility index (Phi) is 2.88. The first kappa shape index (κ1) is 7.80. The lowest BCUT2D eigenvalue weighted by atomic mass is 10.4. The van der Waals surface area contributed by atoms with E-state index in [9.17, 15) is 4.79 Å². The van der Waals surface area contributed by atoms with Crippen LogP contribution in [-0.2, 0) is 4.79 Å². The van der Waals surface area contributed by atoms with E-state index < -0.39 is 8.56 Å². The second-order valence-corrected chi connectivity index (χ2v) is 6.98. The van der Waals surface area contributed by atoms with E-state index >= 15 is 0 Å². The summed E-state index contributed by atoms with van der Waals surface area (Å²) in [4.78, 5) is 19.4. The maximum atomic E-state index is 10.6. The van der Waals surface area contributed by atoms with E-state index in [2.05, 4.69) is 6.58 Å². The minimum atomic E-state index is -1.92. The molecule has 0 amide bonds. The number of rotatable bonds is 2. The Morgan fingerprint density at radius 1 is 1.88 bits per heavy atom. The highest BCUT2D eigenvalue weighted by Crippen LogP contribution is 1.88. The van der Waals surface area contributed by atoms with E-state index in [0.29, 0.717) is 15.3 Å². The molecule has 0 aromatic heterocycles. The van der Waals surface area contributed by atoms with Gasteiger partial charge in [-0.25, -0.2) is 0 Å². The smallest absolute Gasteiger partial charge is 0.226 e. The number of carbonyl (C=O) groups excluding carboxylic acids is 1. The number of allylic oxidation sites excluding steroid dienone is 1. The molecule has 0 radical (unpaired) electrons. The van der Waals surface area contributed by atoms with Crippen molar-refractivity contribution in [2.75, 3.05) is 0 Å². The number of hydrogen-bond acceptors (Lipinski definition) is 2. The average Bonchev–Trinajstić information content (AvgIpc) is 1.64. The first-order chi connectivity index (χ1) is 3.55. The predicted molar refractivity (Wildman–Crippen MR) is 39.1 cm³/mol. The van der Waals surface area contributed by atoms with Crippen LogP contribution in [0.1, 0.15) is 6.92 Å². The second kappa shape index (κ2) is 2.96. The van der Waals surface area contributed by atoms with Crippen LogP contribution in [0.3, 0.4) is 0 Å². The summed E-state index contributed by atoms with van der Waals surface area (Å²) in [6, 6.07) is 0. The molecule has 2 nitrogen and oxygen atoms in total. The first-order valence-corrected chi connectivity index (χ1v) is 8.14. The van der Waals surface area contributed by atoms with Gasteiger partial charge in [0.2, 0.25) is 8.56 Å². The summed E-state index contributed by atoms with van der Waals surface area (Å²) in [5.41, 5.74) is 0.499. The zero-order chi connectivity index (χ0) is 6.73. The van der Waals surface area contributed by atoms with Gasteiger partial charge in [-0.2, -0.15) is 0 Å². The zero-order valence-corrected chi connectivity index (χ0v) is 8.29. The summed E-state index contributed by atoms with van der Waals surface area (Å²) in [5, 5.41) is -0.0864. The van der Waals surface area contributed by atoms with Gasteiger partial charge in [0.05, 0.1) is 0 Å². The van der Waals surface area contributed by atoms with Crippen molar-refractivity contribution in [1.82, 2.24) is 0 Å². The minimum Gasteiger partial charge on any atom is -0.430 e. The molecule has 0 saturated heterocycles. The Morgan fingerprint density at radius 3 is 2.25 bits per heavy atom. The van der Waals surface area contributed by atoms with Crippen LogP contribution in [0, 0.1) is 0 Å². The van der Waals surface area contributed by atoms with Crippen LogP contribution in [0.2, 0.25) is 0 Å². The molecule has 0 aliphatic heterocycles. The van der Waals surface area contributed by atoms with Gasteiger partial charge < -0.3 is 4.80 Å². The fourth-order valence-corrected chi connectivity index (χ4v) is 2.55. The molecule has 0 bridgehead atoms. The van der Waals surface area contributed by atoms with Gasteiger partial charge in [0, 0.05) is 9.76 Å². The third-order valence-corrected chi connectivity index (χ3v) is 3.62. The van der Waals surface area contributed by atoms with Crippen molar-refractivity contribution >= 4 is 23.7 Å². The highest BCUT2D eigenvalue weighted by molar-refractivity contribution is 7.17. The first-order valence-electron chi connectivity index (χ1n) is 2.43. The maximum absolute atomic E-state index is 10.6. The van der Waals surface area contributed by atoms with Gasteiger partial charge in [0.25, 0.3) is 0 Å². The lowest BCUT2D eigenvalue weighted by Gasteiger charge is -1.96. The van der Waals surface area contributed by atoms with Crippen molar-refractivity contribution in [3.05, 3.63) is 12.2 Å². The standard InChI is InChI=1S/C4H10O2Si2/c1-3(2)4(5)8(6)7/h6,8H,1H2,2,7H3. The maximum Gasteiger partial charge on any atom is 0.226 e. The van der Waals surface area contributed by atoms with Crippen molar-refractivity contribution in [3.63, 3.8) is 0 Å². The molecule has 4 heteroatoms. The van der Waals surface area contributed by atoms with Crippen LogP contribution in [0.25, 0.3) is 0 Å². The van der Waals surface area contributed by atoms with Crippen LogP contribution >= 0.6 is 0 Å². The molecule has 0 rings (SSSR count).